The second-order valence-electron chi connectivity index (χ2n) is 3.43. The maximum Gasteiger partial charge on any atom is 0.220 e. The van der Waals surface area contributed by atoms with Gasteiger partial charge in [-0.3, -0.25) is 4.79 Å². The van der Waals surface area contributed by atoms with E-state index >= 15 is 0 Å². The number of aliphatic hydroxyl groups is 2. The summed E-state index contributed by atoms with van der Waals surface area (Å²) in [5.41, 5.74) is 4.95. The monoisotopic (exact) mass is 189 g/mol. The van der Waals surface area contributed by atoms with Gasteiger partial charge in [0.1, 0.15) is 0 Å². The molecule has 0 heterocycles. The summed E-state index contributed by atoms with van der Waals surface area (Å²) in [6.07, 6.45) is 1.81. The van der Waals surface area contributed by atoms with Crippen molar-refractivity contribution < 1.29 is 15.0 Å². The number of primary amides is 1. The molecule has 0 fully saturated rings. The minimum Gasteiger partial charge on any atom is -0.396 e. The van der Waals surface area contributed by atoms with E-state index in [0.29, 0.717) is 0 Å². The molecule has 0 saturated heterocycles. The van der Waals surface area contributed by atoms with Crippen molar-refractivity contribution in [3.63, 3.8) is 0 Å². The molecule has 4 heteroatoms. The SMILES string of the molecule is C[C@H](CCCCO)[C@@H](O)CC(N)=O. The number of amides is 1. The van der Waals surface area contributed by atoms with Crippen LogP contribution in [0.3, 0.4) is 0 Å². The van der Waals surface area contributed by atoms with Gasteiger partial charge in [0.05, 0.1) is 12.5 Å². The van der Waals surface area contributed by atoms with E-state index in [4.69, 9.17) is 10.8 Å². The van der Waals surface area contributed by atoms with Crippen LogP contribution in [0.25, 0.3) is 0 Å². The van der Waals surface area contributed by atoms with E-state index < -0.39 is 12.0 Å². The van der Waals surface area contributed by atoms with Crippen LogP contribution in [-0.2, 0) is 4.79 Å². The van der Waals surface area contributed by atoms with Gasteiger partial charge in [0, 0.05) is 6.61 Å². The van der Waals surface area contributed by atoms with Crippen LogP contribution in [0, 0.1) is 5.92 Å². The number of nitrogens with two attached hydrogens (primary N) is 1. The Morgan fingerprint density at radius 3 is 2.54 bits per heavy atom. The van der Waals surface area contributed by atoms with E-state index in [1.165, 1.54) is 0 Å². The summed E-state index contributed by atoms with van der Waals surface area (Å²) < 4.78 is 0. The first kappa shape index (κ1) is 12.4. The summed E-state index contributed by atoms with van der Waals surface area (Å²) in [5, 5.41) is 18.0. The lowest BCUT2D eigenvalue weighted by Crippen LogP contribution is -2.25. The lowest BCUT2D eigenvalue weighted by atomic mass is 9.96. The fourth-order valence-electron chi connectivity index (χ4n) is 1.18. The zero-order chi connectivity index (χ0) is 10.3. The first-order valence-corrected chi connectivity index (χ1v) is 4.65. The molecule has 13 heavy (non-hydrogen) atoms. The van der Waals surface area contributed by atoms with Crippen LogP contribution >= 0.6 is 0 Å². The molecule has 0 aromatic rings. The average Bonchev–Trinajstić information content (AvgIpc) is 2.03. The molecule has 0 aliphatic heterocycles. The fraction of sp³-hybridized carbons (Fsp3) is 0.889. The molecule has 0 saturated carbocycles. The van der Waals surface area contributed by atoms with Crippen LogP contribution in [0.1, 0.15) is 32.6 Å². The van der Waals surface area contributed by atoms with Gasteiger partial charge in [-0.25, -0.2) is 0 Å². The van der Waals surface area contributed by atoms with Crippen LogP contribution in [0.2, 0.25) is 0 Å². The molecular formula is C9H19NO3. The molecule has 0 aliphatic rings. The summed E-state index contributed by atoms with van der Waals surface area (Å²) in [6.45, 7) is 2.06. The van der Waals surface area contributed by atoms with Crippen LogP contribution < -0.4 is 5.73 Å². The minimum absolute atomic E-state index is 0.0281. The number of carbonyl (C=O) groups is 1. The number of unbranched alkanes of at least 4 members (excludes halogenated alkanes) is 1. The first-order chi connectivity index (χ1) is 6.07. The molecule has 0 radical (unpaired) electrons. The Kier molecular flexibility index (Phi) is 6.54. The molecule has 4 N–H and O–H groups in total. The number of rotatable bonds is 7. The number of aliphatic hydroxyl groups excluding tert-OH is 2. The van der Waals surface area contributed by atoms with Gasteiger partial charge < -0.3 is 15.9 Å². The van der Waals surface area contributed by atoms with Crippen molar-refractivity contribution in [2.75, 3.05) is 6.61 Å². The third kappa shape index (κ3) is 6.54. The number of carbonyl (C=O) groups excluding carboxylic acids is 1. The van der Waals surface area contributed by atoms with Crippen molar-refractivity contribution >= 4 is 5.91 Å². The number of hydrogen-bond donors (Lipinski definition) is 3. The Labute approximate surface area is 78.7 Å². The van der Waals surface area contributed by atoms with Crippen molar-refractivity contribution in [2.24, 2.45) is 11.7 Å². The molecule has 0 rings (SSSR count). The maximum atomic E-state index is 10.5. The van der Waals surface area contributed by atoms with Gasteiger partial charge in [0.2, 0.25) is 5.91 Å². The highest BCUT2D eigenvalue weighted by molar-refractivity contribution is 5.74. The summed E-state index contributed by atoms with van der Waals surface area (Å²) in [5.74, 6) is -0.402. The molecule has 78 valence electrons. The van der Waals surface area contributed by atoms with E-state index in [0.717, 1.165) is 19.3 Å². The van der Waals surface area contributed by atoms with Gasteiger partial charge >= 0.3 is 0 Å². The predicted octanol–water partition coefficient (Wildman–Crippen LogP) is 0.0214. The van der Waals surface area contributed by atoms with Crippen LogP contribution in [0.4, 0.5) is 0 Å². The summed E-state index contributed by atoms with van der Waals surface area (Å²) in [7, 11) is 0. The molecule has 2 atom stereocenters. The standard InChI is InChI=1S/C9H19NO3/c1-7(4-2-3-5-11)8(12)6-9(10)13/h7-8,11-12H,2-6H2,1H3,(H2,10,13)/t7-,8+/m1/s1. The summed E-state index contributed by atoms with van der Waals surface area (Å²) in [6, 6.07) is 0. The Bertz CT molecular complexity index is 150. The van der Waals surface area contributed by atoms with E-state index in [1.807, 2.05) is 6.92 Å². The fourth-order valence-corrected chi connectivity index (χ4v) is 1.18. The Morgan fingerprint density at radius 1 is 1.46 bits per heavy atom. The third-order valence-electron chi connectivity index (χ3n) is 2.13. The van der Waals surface area contributed by atoms with Crippen LogP contribution in [-0.4, -0.2) is 28.8 Å². The second kappa shape index (κ2) is 6.86. The molecule has 4 nitrogen and oxygen atoms in total. The van der Waals surface area contributed by atoms with E-state index in [-0.39, 0.29) is 18.9 Å². The van der Waals surface area contributed by atoms with Gasteiger partial charge in [-0.15, -0.1) is 0 Å². The summed E-state index contributed by atoms with van der Waals surface area (Å²) >= 11 is 0. The molecule has 0 spiro atoms. The van der Waals surface area contributed by atoms with Crippen molar-refractivity contribution in [3.05, 3.63) is 0 Å². The van der Waals surface area contributed by atoms with E-state index in [1.54, 1.807) is 0 Å². The Morgan fingerprint density at radius 2 is 2.08 bits per heavy atom. The Balaban J connectivity index is 3.56. The van der Waals surface area contributed by atoms with Crippen molar-refractivity contribution in [1.29, 1.82) is 0 Å². The van der Waals surface area contributed by atoms with Crippen molar-refractivity contribution in [3.8, 4) is 0 Å². The van der Waals surface area contributed by atoms with Gasteiger partial charge in [0.25, 0.3) is 0 Å². The molecule has 0 unspecified atom stereocenters. The first-order valence-electron chi connectivity index (χ1n) is 4.65. The van der Waals surface area contributed by atoms with Crippen LogP contribution in [0.5, 0.6) is 0 Å². The van der Waals surface area contributed by atoms with Crippen molar-refractivity contribution in [1.82, 2.24) is 0 Å². The highest BCUT2D eigenvalue weighted by Crippen LogP contribution is 2.14. The zero-order valence-electron chi connectivity index (χ0n) is 8.07. The lowest BCUT2D eigenvalue weighted by Gasteiger charge is -2.16. The maximum absolute atomic E-state index is 10.5. The van der Waals surface area contributed by atoms with Crippen molar-refractivity contribution in [2.45, 2.75) is 38.7 Å². The topological polar surface area (TPSA) is 83.6 Å². The minimum atomic E-state index is -0.642. The second-order valence-corrected chi connectivity index (χ2v) is 3.43. The highest BCUT2D eigenvalue weighted by atomic mass is 16.3. The van der Waals surface area contributed by atoms with Gasteiger partial charge in [-0.1, -0.05) is 13.3 Å². The van der Waals surface area contributed by atoms with E-state index in [2.05, 4.69) is 0 Å². The van der Waals surface area contributed by atoms with Gasteiger partial charge in [-0.05, 0) is 18.8 Å². The normalized spacial score (nSPS) is 15.3. The zero-order valence-corrected chi connectivity index (χ0v) is 8.07. The Hall–Kier alpha value is -0.610. The third-order valence-corrected chi connectivity index (χ3v) is 2.13. The highest BCUT2D eigenvalue weighted by Gasteiger charge is 2.15. The number of hydrogen-bond acceptors (Lipinski definition) is 3. The molecule has 0 aromatic carbocycles. The molecule has 1 amide bonds. The smallest absolute Gasteiger partial charge is 0.220 e. The van der Waals surface area contributed by atoms with E-state index in [9.17, 15) is 9.90 Å². The largest absolute Gasteiger partial charge is 0.396 e. The quantitative estimate of drug-likeness (QED) is 0.494. The average molecular weight is 189 g/mol. The van der Waals surface area contributed by atoms with Gasteiger partial charge in [-0.2, -0.15) is 0 Å². The van der Waals surface area contributed by atoms with Crippen LogP contribution in [0.15, 0.2) is 0 Å². The predicted molar refractivity (Wildman–Crippen MR) is 49.9 cm³/mol. The summed E-state index contributed by atoms with van der Waals surface area (Å²) in [4.78, 5) is 10.5. The lowest BCUT2D eigenvalue weighted by molar-refractivity contribution is -0.120. The van der Waals surface area contributed by atoms with Gasteiger partial charge in [0.15, 0.2) is 0 Å². The molecule has 0 bridgehead atoms. The molecular weight excluding hydrogens is 170 g/mol. The molecule has 0 aromatic heterocycles. The molecule has 0 aliphatic carbocycles.